The highest BCUT2D eigenvalue weighted by Gasteiger charge is 2.32. The number of rotatable bonds is 12. The summed E-state index contributed by atoms with van der Waals surface area (Å²) < 4.78 is 27.6. The monoisotopic (exact) mass is 667 g/mol. The van der Waals surface area contributed by atoms with Crippen molar-refractivity contribution in [3.63, 3.8) is 0 Å². The van der Waals surface area contributed by atoms with Gasteiger partial charge in [-0.3, -0.25) is 4.79 Å². The molecule has 3 aliphatic heterocycles. The number of aromatic nitrogens is 4. The van der Waals surface area contributed by atoms with Crippen LogP contribution in [0.5, 0.6) is 0 Å². The molecule has 0 aliphatic carbocycles. The normalized spacial score (nSPS) is 21.1. The number of likely N-dealkylation sites (tertiary alicyclic amines) is 2. The van der Waals surface area contributed by atoms with Gasteiger partial charge in [0.1, 0.15) is 17.8 Å². The summed E-state index contributed by atoms with van der Waals surface area (Å²) in [7, 11) is 1.53. The number of piperidine rings is 2. The van der Waals surface area contributed by atoms with Gasteiger partial charge in [0.25, 0.3) is 5.91 Å². The summed E-state index contributed by atoms with van der Waals surface area (Å²) in [4.78, 5) is 43.6. The second-order valence-corrected chi connectivity index (χ2v) is 13.1. The number of alkyl halides is 1. The summed E-state index contributed by atoms with van der Waals surface area (Å²) in [6.45, 7) is 9.17. The van der Waals surface area contributed by atoms with Crippen LogP contribution in [0.15, 0.2) is 30.7 Å². The molecule has 3 saturated heterocycles. The van der Waals surface area contributed by atoms with Crippen molar-refractivity contribution < 1.29 is 28.6 Å². The molecule has 3 N–H and O–H groups in total. The smallest absolute Gasteiger partial charge is 0.407 e. The number of fused-ring (bicyclic) bond motifs is 1. The van der Waals surface area contributed by atoms with Crippen LogP contribution >= 0.6 is 0 Å². The first-order valence-electron chi connectivity index (χ1n) is 16.8. The van der Waals surface area contributed by atoms with Crippen LogP contribution in [0.25, 0.3) is 10.9 Å². The Morgan fingerprint density at radius 3 is 2.60 bits per heavy atom. The number of nitrogens with zero attached hydrogens (tertiary/aromatic N) is 7. The van der Waals surface area contributed by atoms with E-state index in [1.165, 1.54) is 12.0 Å². The number of carboxylic acid groups (broad SMARTS) is 1. The first kappa shape index (κ1) is 33.8. The summed E-state index contributed by atoms with van der Waals surface area (Å²) in [5.41, 5.74) is 1.48. The lowest BCUT2D eigenvalue weighted by Crippen LogP contribution is -2.54. The van der Waals surface area contributed by atoms with Gasteiger partial charge in [0.15, 0.2) is 0 Å². The third-order valence-electron chi connectivity index (χ3n) is 9.50. The minimum Gasteiger partial charge on any atom is -0.465 e. The highest BCUT2D eigenvalue weighted by molar-refractivity contribution is 6.07. The van der Waals surface area contributed by atoms with Gasteiger partial charge in [0.2, 0.25) is 5.95 Å². The second-order valence-electron chi connectivity index (χ2n) is 13.1. The maximum Gasteiger partial charge on any atom is 0.407 e. The molecule has 3 fully saturated rings. The molecular formula is C33H46FN9O5. The van der Waals surface area contributed by atoms with E-state index < -0.39 is 18.4 Å². The van der Waals surface area contributed by atoms with Crippen molar-refractivity contribution in [1.82, 2.24) is 34.6 Å². The molecule has 2 atom stereocenters. The minimum atomic E-state index is -1.11. The zero-order valence-corrected chi connectivity index (χ0v) is 27.8. The summed E-state index contributed by atoms with van der Waals surface area (Å²) in [6.07, 6.45) is 6.07. The van der Waals surface area contributed by atoms with Gasteiger partial charge in [-0.1, -0.05) is 0 Å². The van der Waals surface area contributed by atoms with Crippen LogP contribution in [-0.2, 0) is 9.47 Å². The minimum absolute atomic E-state index is 0.0102. The van der Waals surface area contributed by atoms with Crippen LogP contribution in [-0.4, -0.2) is 130 Å². The van der Waals surface area contributed by atoms with Crippen molar-refractivity contribution in [2.45, 2.75) is 70.0 Å². The fourth-order valence-corrected chi connectivity index (χ4v) is 6.65. The Kier molecular flexibility index (Phi) is 10.6. The third-order valence-corrected chi connectivity index (χ3v) is 9.50. The topological polar surface area (TPSA) is 150 Å². The lowest BCUT2D eigenvalue weighted by Gasteiger charge is -2.37. The second kappa shape index (κ2) is 15.0. The molecule has 6 rings (SSSR count). The van der Waals surface area contributed by atoms with Gasteiger partial charge in [0.05, 0.1) is 42.9 Å². The molecule has 2 amide bonds. The van der Waals surface area contributed by atoms with Gasteiger partial charge in [-0.15, -0.1) is 0 Å². The largest absolute Gasteiger partial charge is 0.465 e. The fourth-order valence-electron chi connectivity index (χ4n) is 6.65. The molecule has 0 radical (unpaired) electrons. The number of halogens is 1. The highest BCUT2D eigenvalue weighted by atomic mass is 19.1. The molecule has 15 heteroatoms. The fraction of sp³-hybridized carbons (Fsp3) is 0.606. The van der Waals surface area contributed by atoms with Crippen LogP contribution in [0.2, 0.25) is 0 Å². The third kappa shape index (κ3) is 7.79. The van der Waals surface area contributed by atoms with E-state index in [2.05, 4.69) is 48.9 Å². The molecule has 0 spiro atoms. The van der Waals surface area contributed by atoms with Crippen LogP contribution in [0.4, 0.5) is 26.8 Å². The number of hydrogen-bond donors (Lipinski definition) is 3. The molecule has 6 heterocycles. The molecule has 3 aromatic heterocycles. The van der Waals surface area contributed by atoms with E-state index in [0.717, 1.165) is 49.8 Å². The van der Waals surface area contributed by atoms with Gasteiger partial charge < -0.3 is 44.5 Å². The Morgan fingerprint density at radius 1 is 1.10 bits per heavy atom. The molecule has 0 aromatic carbocycles. The Hall–Kier alpha value is -4.08. The van der Waals surface area contributed by atoms with Crippen molar-refractivity contribution in [2.75, 3.05) is 69.7 Å². The van der Waals surface area contributed by atoms with Crippen molar-refractivity contribution in [3.05, 3.63) is 36.3 Å². The number of amides is 2. The number of ether oxygens (including phenoxy) is 2. The van der Waals surface area contributed by atoms with Crippen molar-refractivity contribution in [3.8, 4) is 0 Å². The number of hydrogen-bond acceptors (Lipinski definition) is 10. The van der Waals surface area contributed by atoms with Gasteiger partial charge in [-0.05, 0) is 45.6 Å². The Bertz CT molecular complexity index is 1570. The molecule has 0 unspecified atom stereocenters. The zero-order valence-electron chi connectivity index (χ0n) is 27.8. The van der Waals surface area contributed by atoms with Crippen molar-refractivity contribution >= 4 is 40.5 Å². The van der Waals surface area contributed by atoms with E-state index in [-0.39, 0.29) is 30.6 Å². The summed E-state index contributed by atoms with van der Waals surface area (Å²) in [5, 5.41) is 16.2. The standard InChI is InChI=1S/C33H46FN9O5/c1-21(2)43-19-25(31(44)37-22-6-11-40(12-7-22)10-4-14-48-23-17-42(18-23)33(45)46)24-16-36-30(15-27(24)43)38-29-5-9-35-32(39-29)41-13-8-28(47-3)26(34)20-41/h5,9,15-16,19,21-23,26,28H,4,6-8,10-14,17-18,20H2,1-3H3,(H,37,44)(H,45,46)(H,35,36,38,39)/t26-,28+/m1/s1. The summed E-state index contributed by atoms with van der Waals surface area (Å²) in [6, 6.07) is 3.87. The SMILES string of the molecule is CO[C@H]1CCN(c2nccc(Nc3cc4c(cn3)c(C(=O)NC3CCN(CCCOC5CN(C(=O)O)C5)CC3)cn4C(C)C)n2)C[C@H]1F. The predicted molar refractivity (Wildman–Crippen MR) is 179 cm³/mol. The van der Waals surface area contributed by atoms with Crippen LogP contribution in [0.3, 0.4) is 0 Å². The average Bonchev–Trinajstić information content (AvgIpc) is 3.44. The molecule has 48 heavy (non-hydrogen) atoms. The summed E-state index contributed by atoms with van der Waals surface area (Å²) in [5.74, 6) is 1.46. The Morgan fingerprint density at radius 2 is 1.90 bits per heavy atom. The van der Waals surface area contributed by atoms with E-state index in [4.69, 9.17) is 14.6 Å². The zero-order chi connectivity index (χ0) is 33.8. The Labute approximate surface area is 279 Å². The number of pyridine rings is 1. The lowest BCUT2D eigenvalue weighted by atomic mass is 10.0. The summed E-state index contributed by atoms with van der Waals surface area (Å²) >= 11 is 0. The molecule has 3 aromatic rings. The van der Waals surface area contributed by atoms with Crippen molar-refractivity contribution in [2.24, 2.45) is 0 Å². The highest BCUT2D eigenvalue weighted by Crippen LogP contribution is 2.28. The van der Waals surface area contributed by atoms with E-state index in [1.54, 1.807) is 18.5 Å². The van der Waals surface area contributed by atoms with E-state index in [1.807, 2.05) is 17.2 Å². The van der Waals surface area contributed by atoms with Gasteiger partial charge in [-0.25, -0.2) is 19.2 Å². The predicted octanol–water partition coefficient (Wildman–Crippen LogP) is 3.68. The maximum absolute atomic E-state index is 14.5. The first-order valence-corrected chi connectivity index (χ1v) is 16.8. The van der Waals surface area contributed by atoms with Gasteiger partial charge in [0, 0.05) is 82.0 Å². The molecule has 3 aliphatic rings. The maximum atomic E-state index is 14.5. The number of carbonyl (C=O) groups is 2. The molecule has 0 bridgehead atoms. The number of methoxy groups -OCH3 is 1. The quantitative estimate of drug-likeness (QED) is 0.243. The van der Waals surface area contributed by atoms with Gasteiger partial charge >= 0.3 is 6.09 Å². The lowest BCUT2D eigenvalue weighted by molar-refractivity contribution is -0.0464. The van der Waals surface area contributed by atoms with E-state index >= 15 is 0 Å². The molecular weight excluding hydrogens is 621 g/mol. The number of nitrogens with one attached hydrogen (secondary N) is 2. The first-order chi connectivity index (χ1) is 23.2. The van der Waals surface area contributed by atoms with E-state index in [9.17, 15) is 14.0 Å². The Balaban J connectivity index is 1.03. The van der Waals surface area contributed by atoms with E-state index in [0.29, 0.717) is 55.8 Å². The van der Waals surface area contributed by atoms with Crippen LogP contribution in [0, 0.1) is 0 Å². The molecule has 14 nitrogen and oxygen atoms in total. The number of carbonyl (C=O) groups excluding carboxylic acids is 1. The molecule has 260 valence electrons. The molecule has 0 saturated carbocycles. The van der Waals surface area contributed by atoms with Crippen LogP contribution in [0.1, 0.15) is 55.9 Å². The van der Waals surface area contributed by atoms with Gasteiger partial charge in [-0.2, -0.15) is 4.98 Å². The number of anilines is 3. The average molecular weight is 668 g/mol. The van der Waals surface area contributed by atoms with Crippen molar-refractivity contribution in [1.29, 1.82) is 0 Å². The van der Waals surface area contributed by atoms with Crippen LogP contribution < -0.4 is 15.5 Å².